The van der Waals surface area contributed by atoms with E-state index >= 15 is 0 Å². The van der Waals surface area contributed by atoms with Crippen LogP contribution in [0.25, 0.3) is 0 Å². The van der Waals surface area contributed by atoms with Gasteiger partial charge in [0.2, 0.25) is 0 Å². The topological polar surface area (TPSA) is 26.0 Å². The average molecular weight is 346 g/mol. The monoisotopic (exact) mass is 345 g/mol. The van der Waals surface area contributed by atoms with Gasteiger partial charge < -0.3 is 5.73 Å². The van der Waals surface area contributed by atoms with Crippen LogP contribution < -0.4 is 5.73 Å². The van der Waals surface area contributed by atoms with E-state index in [1.807, 2.05) is 0 Å². The second-order valence-electron chi connectivity index (χ2n) is 5.89. The molecular weight excluding hydrogens is 324 g/mol. The molecule has 1 fully saturated rings. The third kappa shape index (κ3) is 3.59. The van der Waals surface area contributed by atoms with E-state index < -0.39 is 11.6 Å². The van der Waals surface area contributed by atoms with Gasteiger partial charge in [0.05, 0.1) is 4.47 Å². The second kappa shape index (κ2) is 6.99. The lowest BCUT2D eigenvalue weighted by Crippen LogP contribution is -2.36. The third-order valence-corrected chi connectivity index (χ3v) is 5.20. The summed E-state index contributed by atoms with van der Waals surface area (Å²) in [5, 5.41) is 0. The van der Waals surface area contributed by atoms with Crippen LogP contribution in [0, 0.1) is 23.5 Å². The Morgan fingerprint density at radius 1 is 1.35 bits per heavy atom. The van der Waals surface area contributed by atoms with Gasteiger partial charge in [-0.05, 0) is 59.2 Å². The lowest BCUT2D eigenvalue weighted by Gasteiger charge is -2.32. The summed E-state index contributed by atoms with van der Waals surface area (Å²) in [6, 6.07) is 2.53. The molecule has 0 aliphatic heterocycles. The fourth-order valence-electron chi connectivity index (χ4n) is 3.25. The minimum atomic E-state index is -0.511. The third-order valence-electron chi connectivity index (χ3n) is 4.58. The first kappa shape index (κ1) is 15.9. The van der Waals surface area contributed by atoms with Crippen molar-refractivity contribution in [2.45, 2.75) is 51.5 Å². The first-order valence-corrected chi connectivity index (χ1v) is 8.20. The Balaban J connectivity index is 2.08. The Kier molecular flexibility index (Phi) is 5.56. The quantitative estimate of drug-likeness (QED) is 0.778. The maximum Gasteiger partial charge on any atom is 0.143 e. The van der Waals surface area contributed by atoms with E-state index in [9.17, 15) is 8.78 Å². The van der Waals surface area contributed by atoms with Crippen LogP contribution in [0.1, 0.15) is 44.6 Å². The van der Waals surface area contributed by atoms with Gasteiger partial charge in [-0.25, -0.2) is 8.78 Å². The van der Waals surface area contributed by atoms with Crippen molar-refractivity contribution in [3.05, 3.63) is 33.8 Å². The van der Waals surface area contributed by atoms with Crippen molar-refractivity contribution in [3.63, 3.8) is 0 Å². The summed E-state index contributed by atoms with van der Waals surface area (Å²) in [5.41, 5.74) is 6.35. The molecule has 3 unspecified atom stereocenters. The van der Waals surface area contributed by atoms with Gasteiger partial charge in [-0.1, -0.05) is 26.2 Å². The van der Waals surface area contributed by atoms with Crippen molar-refractivity contribution in [1.29, 1.82) is 0 Å². The minimum absolute atomic E-state index is 0.116. The molecule has 1 nitrogen and oxygen atoms in total. The van der Waals surface area contributed by atoms with Gasteiger partial charge in [0.25, 0.3) is 0 Å². The Labute approximate surface area is 128 Å². The minimum Gasteiger partial charge on any atom is -0.327 e. The van der Waals surface area contributed by atoms with Gasteiger partial charge in [-0.15, -0.1) is 0 Å². The molecule has 1 aromatic carbocycles. The zero-order chi connectivity index (χ0) is 14.7. The maximum atomic E-state index is 14.0. The van der Waals surface area contributed by atoms with Crippen LogP contribution in [-0.4, -0.2) is 6.04 Å². The number of hydrogen-bond acceptors (Lipinski definition) is 1. The van der Waals surface area contributed by atoms with Crippen molar-refractivity contribution in [3.8, 4) is 0 Å². The highest BCUT2D eigenvalue weighted by Crippen LogP contribution is 2.34. The lowest BCUT2D eigenvalue weighted by molar-refractivity contribution is 0.227. The highest BCUT2D eigenvalue weighted by atomic mass is 79.9. The Morgan fingerprint density at radius 3 is 2.80 bits per heavy atom. The average Bonchev–Trinajstić information content (AvgIpc) is 2.47. The van der Waals surface area contributed by atoms with Crippen LogP contribution in [0.3, 0.4) is 0 Å². The van der Waals surface area contributed by atoms with E-state index in [0.717, 1.165) is 18.8 Å². The van der Waals surface area contributed by atoms with Crippen LogP contribution in [0.2, 0.25) is 0 Å². The normalized spacial score (nSPS) is 24.6. The van der Waals surface area contributed by atoms with Gasteiger partial charge in [-0.2, -0.15) is 0 Å². The highest BCUT2D eigenvalue weighted by molar-refractivity contribution is 9.10. The number of rotatable bonds is 4. The zero-order valence-corrected chi connectivity index (χ0v) is 13.4. The molecule has 0 saturated heterocycles. The summed E-state index contributed by atoms with van der Waals surface area (Å²) in [6.45, 7) is 2.20. The fraction of sp³-hybridized carbons (Fsp3) is 0.625. The molecular formula is C16H22BrF2N. The van der Waals surface area contributed by atoms with Crippen LogP contribution in [0.15, 0.2) is 16.6 Å². The Morgan fingerprint density at radius 2 is 2.10 bits per heavy atom. The highest BCUT2D eigenvalue weighted by Gasteiger charge is 2.27. The molecule has 0 bridgehead atoms. The van der Waals surface area contributed by atoms with Crippen molar-refractivity contribution >= 4 is 15.9 Å². The summed E-state index contributed by atoms with van der Waals surface area (Å²) < 4.78 is 28.1. The molecule has 20 heavy (non-hydrogen) atoms. The van der Waals surface area contributed by atoms with E-state index in [0.29, 0.717) is 10.4 Å². The molecule has 0 aromatic heterocycles. The predicted octanol–water partition coefficient (Wildman–Crippen LogP) is 4.81. The van der Waals surface area contributed by atoms with Crippen LogP contribution in [0.4, 0.5) is 8.78 Å². The van der Waals surface area contributed by atoms with E-state index in [-0.39, 0.29) is 18.0 Å². The maximum absolute atomic E-state index is 14.0. The smallest absolute Gasteiger partial charge is 0.143 e. The first-order chi connectivity index (χ1) is 9.52. The van der Waals surface area contributed by atoms with Crippen LogP contribution >= 0.6 is 15.9 Å². The zero-order valence-electron chi connectivity index (χ0n) is 11.8. The first-order valence-electron chi connectivity index (χ1n) is 7.40. The molecule has 0 amide bonds. The van der Waals surface area contributed by atoms with Gasteiger partial charge in [0, 0.05) is 11.6 Å². The molecule has 1 aromatic rings. The van der Waals surface area contributed by atoms with Gasteiger partial charge in [0.1, 0.15) is 11.6 Å². The fourth-order valence-corrected chi connectivity index (χ4v) is 3.62. The Bertz CT molecular complexity index is 464. The lowest BCUT2D eigenvalue weighted by atomic mass is 9.76. The van der Waals surface area contributed by atoms with Crippen LogP contribution in [0.5, 0.6) is 0 Å². The molecule has 0 heterocycles. The molecule has 1 saturated carbocycles. The largest absolute Gasteiger partial charge is 0.327 e. The molecule has 4 heteroatoms. The summed E-state index contributed by atoms with van der Waals surface area (Å²) >= 11 is 3.10. The number of halogens is 3. The standard InChI is InChI=1S/C16H22BrF2N/c1-2-10-4-3-5-11(8-10)15(20)9-12-14(18)7-6-13(17)16(12)19/h6-7,10-11,15H,2-5,8-9,20H2,1H3. The predicted molar refractivity (Wildman–Crippen MR) is 81.5 cm³/mol. The summed E-state index contributed by atoms with van der Waals surface area (Å²) in [5.74, 6) is 0.0933. The van der Waals surface area contributed by atoms with Crippen molar-refractivity contribution in [1.82, 2.24) is 0 Å². The van der Waals surface area contributed by atoms with E-state index in [1.165, 1.54) is 31.4 Å². The number of nitrogens with two attached hydrogens (primary N) is 1. The van der Waals surface area contributed by atoms with E-state index in [2.05, 4.69) is 22.9 Å². The molecule has 1 aliphatic rings. The van der Waals surface area contributed by atoms with Crippen LogP contribution in [-0.2, 0) is 6.42 Å². The molecule has 0 spiro atoms. The molecule has 112 valence electrons. The SMILES string of the molecule is CCC1CCCC(C(N)Cc2c(F)ccc(Br)c2F)C1. The summed E-state index contributed by atoms with van der Waals surface area (Å²) in [6.07, 6.45) is 6.06. The molecule has 3 atom stereocenters. The number of hydrogen-bond donors (Lipinski definition) is 1. The van der Waals surface area contributed by atoms with Gasteiger partial charge in [-0.3, -0.25) is 0 Å². The summed E-state index contributed by atoms with van der Waals surface area (Å²) in [4.78, 5) is 0. The van der Waals surface area contributed by atoms with Gasteiger partial charge >= 0.3 is 0 Å². The summed E-state index contributed by atoms with van der Waals surface area (Å²) in [7, 11) is 0. The van der Waals surface area contributed by atoms with E-state index in [4.69, 9.17) is 5.73 Å². The van der Waals surface area contributed by atoms with Crippen molar-refractivity contribution < 1.29 is 8.78 Å². The molecule has 2 rings (SSSR count). The molecule has 1 aliphatic carbocycles. The van der Waals surface area contributed by atoms with Crippen molar-refractivity contribution in [2.75, 3.05) is 0 Å². The molecule has 0 radical (unpaired) electrons. The van der Waals surface area contributed by atoms with E-state index in [1.54, 1.807) is 0 Å². The second-order valence-corrected chi connectivity index (χ2v) is 6.75. The number of benzene rings is 1. The van der Waals surface area contributed by atoms with Crippen molar-refractivity contribution in [2.24, 2.45) is 17.6 Å². The molecule has 2 N–H and O–H groups in total. The Hall–Kier alpha value is -0.480. The van der Waals surface area contributed by atoms with Gasteiger partial charge in [0.15, 0.2) is 0 Å².